The Kier molecular flexibility index (Phi) is 4.35. The Morgan fingerprint density at radius 2 is 2.15 bits per heavy atom. The predicted molar refractivity (Wildman–Crippen MR) is 79.1 cm³/mol. The van der Waals surface area contributed by atoms with Crippen LogP contribution in [0.1, 0.15) is 55.6 Å². The quantitative estimate of drug-likeness (QED) is 0.869. The maximum absolute atomic E-state index is 12.4. The number of rotatable bonds is 4. The smallest absolute Gasteiger partial charge is 0.254 e. The zero-order valence-electron chi connectivity index (χ0n) is 12.2. The van der Waals surface area contributed by atoms with Gasteiger partial charge in [0.25, 0.3) is 5.91 Å². The lowest BCUT2D eigenvalue weighted by atomic mass is 9.88. The third-order valence-corrected chi connectivity index (χ3v) is 3.82. The first-order valence-electron chi connectivity index (χ1n) is 7.04. The molecule has 0 spiro atoms. The Hall–Kier alpha value is -1.13. The van der Waals surface area contributed by atoms with Crippen LogP contribution in [-0.2, 0) is 0 Å². The van der Waals surface area contributed by atoms with Gasteiger partial charge in [-0.15, -0.1) is 0 Å². The molecule has 2 heterocycles. The van der Waals surface area contributed by atoms with Crippen molar-refractivity contribution in [3.63, 3.8) is 0 Å². The number of aliphatic hydroxyl groups is 1. The minimum Gasteiger partial charge on any atom is -0.386 e. The van der Waals surface area contributed by atoms with Gasteiger partial charge >= 0.3 is 0 Å². The van der Waals surface area contributed by atoms with Crippen molar-refractivity contribution in [2.75, 3.05) is 13.1 Å². The minimum absolute atomic E-state index is 0.0861. The lowest BCUT2D eigenvalue weighted by Gasteiger charge is -2.46. The van der Waals surface area contributed by atoms with Crippen molar-refractivity contribution in [1.29, 1.82) is 0 Å². The average molecular weight is 297 g/mol. The molecular weight excluding hydrogens is 276 g/mol. The lowest BCUT2D eigenvalue weighted by Crippen LogP contribution is -2.63. The fraction of sp³-hybridized carbons (Fsp3) is 0.600. The molecule has 0 atom stereocenters. The molecule has 0 unspecified atom stereocenters. The van der Waals surface area contributed by atoms with Gasteiger partial charge in [-0.2, -0.15) is 0 Å². The van der Waals surface area contributed by atoms with Gasteiger partial charge in [-0.25, -0.2) is 4.98 Å². The minimum atomic E-state index is -0.706. The predicted octanol–water partition coefficient (Wildman–Crippen LogP) is 2.85. The van der Waals surface area contributed by atoms with E-state index in [1.54, 1.807) is 17.0 Å². The summed E-state index contributed by atoms with van der Waals surface area (Å²) in [5, 5.41) is 10.5. The number of β-amino-alcohol motifs (C(OH)–C–C–N with tert-alkyl or cyclic N) is 1. The van der Waals surface area contributed by atoms with E-state index in [0.717, 1.165) is 18.5 Å². The Morgan fingerprint density at radius 1 is 1.50 bits per heavy atom. The molecule has 20 heavy (non-hydrogen) atoms. The second-order valence-corrected chi connectivity index (χ2v) is 6.28. The molecule has 0 bridgehead atoms. The maximum atomic E-state index is 12.4. The second-order valence-electron chi connectivity index (χ2n) is 5.89. The van der Waals surface area contributed by atoms with Crippen molar-refractivity contribution in [3.8, 4) is 0 Å². The zero-order valence-corrected chi connectivity index (χ0v) is 12.9. The fourth-order valence-electron chi connectivity index (χ4n) is 2.55. The standard InChI is InChI=1S/C15H21ClN2O2/c1-4-5-15(20)8-18(9-15)14(19)11-6-12(10(2)3)17-13(16)7-11/h6-7,10,20H,4-5,8-9H2,1-3H3. The highest BCUT2D eigenvalue weighted by atomic mass is 35.5. The molecule has 0 aliphatic carbocycles. The van der Waals surface area contributed by atoms with E-state index in [4.69, 9.17) is 11.6 Å². The number of likely N-dealkylation sites (tertiary alicyclic amines) is 1. The number of halogens is 1. The van der Waals surface area contributed by atoms with Gasteiger partial charge in [0.05, 0.1) is 18.7 Å². The molecule has 1 aromatic heterocycles. The number of hydrogen-bond acceptors (Lipinski definition) is 3. The summed E-state index contributed by atoms with van der Waals surface area (Å²) in [4.78, 5) is 18.3. The molecule has 1 aromatic rings. The molecule has 1 amide bonds. The van der Waals surface area contributed by atoms with Crippen molar-refractivity contribution in [2.24, 2.45) is 0 Å². The average Bonchev–Trinajstić information content (AvgIpc) is 2.34. The summed E-state index contributed by atoms with van der Waals surface area (Å²) < 4.78 is 0. The largest absolute Gasteiger partial charge is 0.386 e. The highest BCUT2D eigenvalue weighted by Crippen LogP contribution is 2.28. The van der Waals surface area contributed by atoms with Gasteiger partial charge < -0.3 is 10.0 Å². The summed E-state index contributed by atoms with van der Waals surface area (Å²) in [6.07, 6.45) is 1.64. The van der Waals surface area contributed by atoms with E-state index in [2.05, 4.69) is 4.98 Å². The topological polar surface area (TPSA) is 53.4 Å². The van der Waals surface area contributed by atoms with E-state index in [1.165, 1.54) is 0 Å². The molecule has 1 fully saturated rings. The Labute approximate surface area is 124 Å². The van der Waals surface area contributed by atoms with E-state index in [0.29, 0.717) is 23.8 Å². The van der Waals surface area contributed by atoms with Gasteiger partial charge in [0, 0.05) is 11.3 Å². The summed E-state index contributed by atoms with van der Waals surface area (Å²) in [5.41, 5.74) is 0.653. The van der Waals surface area contributed by atoms with E-state index >= 15 is 0 Å². The summed E-state index contributed by atoms with van der Waals surface area (Å²) >= 11 is 5.98. The summed E-state index contributed by atoms with van der Waals surface area (Å²) in [6.45, 7) is 6.85. The summed E-state index contributed by atoms with van der Waals surface area (Å²) in [5.74, 6) is 0.130. The van der Waals surface area contributed by atoms with Crippen molar-refractivity contribution in [3.05, 3.63) is 28.5 Å². The number of carbonyl (C=O) groups is 1. The number of pyridine rings is 1. The van der Waals surface area contributed by atoms with Crippen LogP contribution in [0.15, 0.2) is 12.1 Å². The molecular formula is C15H21ClN2O2. The van der Waals surface area contributed by atoms with Crippen LogP contribution >= 0.6 is 11.6 Å². The van der Waals surface area contributed by atoms with Crippen LogP contribution in [0.2, 0.25) is 5.15 Å². The van der Waals surface area contributed by atoms with Crippen LogP contribution in [0.25, 0.3) is 0 Å². The van der Waals surface area contributed by atoms with Crippen molar-refractivity contribution in [1.82, 2.24) is 9.88 Å². The van der Waals surface area contributed by atoms with Crippen LogP contribution in [-0.4, -0.2) is 39.6 Å². The molecule has 0 aromatic carbocycles. The molecule has 4 nitrogen and oxygen atoms in total. The number of carbonyl (C=O) groups excluding carboxylic acids is 1. The van der Waals surface area contributed by atoms with Crippen LogP contribution < -0.4 is 0 Å². The molecule has 0 saturated carbocycles. The monoisotopic (exact) mass is 296 g/mol. The number of aromatic nitrogens is 1. The van der Waals surface area contributed by atoms with Crippen LogP contribution in [0.5, 0.6) is 0 Å². The van der Waals surface area contributed by atoms with Gasteiger partial charge in [-0.3, -0.25) is 4.79 Å². The van der Waals surface area contributed by atoms with E-state index < -0.39 is 5.60 Å². The second kappa shape index (κ2) is 5.70. The van der Waals surface area contributed by atoms with Crippen molar-refractivity contribution < 1.29 is 9.90 Å². The van der Waals surface area contributed by atoms with Crippen molar-refractivity contribution in [2.45, 2.75) is 45.1 Å². The molecule has 0 radical (unpaired) electrons. The molecule has 5 heteroatoms. The third kappa shape index (κ3) is 3.13. The normalized spacial score (nSPS) is 17.2. The number of nitrogens with zero attached hydrogens (tertiary/aromatic N) is 2. The number of hydrogen-bond donors (Lipinski definition) is 1. The highest BCUT2D eigenvalue weighted by Gasteiger charge is 2.42. The Morgan fingerprint density at radius 3 is 2.70 bits per heavy atom. The Balaban J connectivity index is 2.11. The van der Waals surface area contributed by atoms with E-state index in [-0.39, 0.29) is 11.8 Å². The van der Waals surface area contributed by atoms with Crippen LogP contribution in [0, 0.1) is 0 Å². The van der Waals surface area contributed by atoms with E-state index in [1.807, 2.05) is 20.8 Å². The number of amides is 1. The summed E-state index contributed by atoms with van der Waals surface area (Å²) in [6, 6.07) is 3.38. The molecule has 1 aliphatic heterocycles. The van der Waals surface area contributed by atoms with Gasteiger partial charge in [0.2, 0.25) is 0 Å². The molecule has 1 saturated heterocycles. The first-order chi connectivity index (χ1) is 9.34. The van der Waals surface area contributed by atoms with E-state index in [9.17, 15) is 9.90 Å². The zero-order chi connectivity index (χ0) is 14.9. The first-order valence-corrected chi connectivity index (χ1v) is 7.41. The van der Waals surface area contributed by atoms with Gasteiger partial charge in [0.15, 0.2) is 0 Å². The SMILES string of the molecule is CCCC1(O)CN(C(=O)c2cc(Cl)nc(C(C)C)c2)C1. The molecule has 2 rings (SSSR count). The third-order valence-electron chi connectivity index (χ3n) is 3.63. The molecule has 110 valence electrons. The van der Waals surface area contributed by atoms with Gasteiger partial charge in [-0.1, -0.05) is 38.8 Å². The molecule has 1 aliphatic rings. The molecule has 1 N–H and O–H groups in total. The highest BCUT2D eigenvalue weighted by molar-refractivity contribution is 6.29. The first kappa shape index (κ1) is 15.3. The van der Waals surface area contributed by atoms with Gasteiger partial charge in [0.1, 0.15) is 5.15 Å². The maximum Gasteiger partial charge on any atom is 0.254 e. The fourth-order valence-corrected chi connectivity index (χ4v) is 2.77. The van der Waals surface area contributed by atoms with Gasteiger partial charge in [-0.05, 0) is 24.5 Å². The van der Waals surface area contributed by atoms with Crippen LogP contribution in [0.4, 0.5) is 0 Å². The lowest BCUT2D eigenvalue weighted by molar-refractivity contribution is -0.0860. The van der Waals surface area contributed by atoms with Crippen LogP contribution in [0.3, 0.4) is 0 Å². The van der Waals surface area contributed by atoms with Crippen molar-refractivity contribution >= 4 is 17.5 Å². The summed E-state index contributed by atoms with van der Waals surface area (Å²) in [7, 11) is 0. The Bertz CT molecular complexity index is 511.